The predicted octanol–water partition coefficient (Wildman–Crippen LogP) is 0.893. The number of guanidine groups is 1. The lowest BCUT2D eigenvalue weighted by Crippen LogP contribution is -2.44. The van der Waals surface area contributed by atoms with Gasteiger partial charge in [0.25, 0.3) is 0 Å². The van der Waals surface area contributed by atoms with E-state index in [2.05, 4.69) is 20.5 Å². The Morgan fingerprint density at radius 2 is 1.92 bits per heavy atom. The molecule has 25 heavy (non-hydrogen) atoms. The van der Waals surface area contributed by atoms with Gasteiger partial charge in [0.2, 0.25) is 5.91 Å². The van der Waals surface area contributed by atoms with E-state index in [1.54, 1.807) is 19.0 Å². The number of ether oxygens (including phenoxy) is 1. The van der Waals surface area contributed by atoms with Crippen molar-refractivity contribution in [2.45, 2.75) is 38.1 Å². The number of aliphatic imine (C=N–C) groups is 1. The molecule has 2 rings (SSSR count). The van der Waals surface area contributed by atoms with Gasteiger partial charge in [0.1, 0.15) is 6.54 Å². The highest BCUT2D eigenvalue weighted by Crippen LogP contribution is 2.17. The number of nitrogens with one attached hydrogen (secondary N) is 2. The van der Waals surface area contributed by atoms with Crippen molar-refractivity contribution in [3.63, 3.8) is 0 Å². The van der Waals surface area contributed by atoms with E-state index < -0.39 is 0 Å². The van der Waals surface area contributed by atoms with Crippen LogP contribution < -0.4 is 10.6 Å². The van der Waals surface area contributed by atoms with E-state index in [-0.39, 0.29) is 36.4 Å². The second-order valence-electron chi connectivity index (χ2n) is 6.81. The lowest BCUT2D eigenvalue weighted by atomic mass is 10.2. The summed E-state index contributed by atoms with van der Waals surface area (Å²) >= 11 is 0. The van der Waals surface area contributed by atoms with Crippen molar-refractivity contribution < 1.29 is 9.53 Å². The minimum Gasteiger partial charge on any atom is -0.379 e. The molecule has 8 heteroatoms. The lowest BCUT2D eigenvalue weighted by Gasteiger charge is -2.26. The van der Waals surface area contributed by atoms with Crippen molar-refractivity contribution in [1.29, 1.82) is 0 Å². The molecule has 0 spiro atoms. The number of nitrogens with zero attached hydrogens (tertiary/aromatic N) is 3. The molecule has 0 aromatic heterocycles. The fourth-order valence-corrected chi connectivity index (χ4v) is 3.04. The highest BCUT2D eigenvalue weighted by atomic mass is 127. The topological polar surface area (TPSA) is 69.2 Å². The van der Waals surface area contributed by atoms with Gasteiger partial charge in [-0.25, -0.2) is 4.99 Å². The van der Waals surface area contributed by atoms with Crippen molar-refractivity contribution in [2.24, 2.45) is 4.99 Å². The highest BCUT2D eigenvalue weighted by Gasteiger charge is 2.16. The molecule has 1 aliphatic carbocycles. The molecule has 0 radical (unpaired) electrons. The van der Waals surface area contributed by atoms with Crippen molar-refractivity contribution in [1.82, 2.24) is 20.4 Å². The zero-order valence-electron chi connectivity index (χ0n) is 15.6. The normalized spacial score (nSPS) is 19.4. The molecule has 0 unspecified atom stereocenters. The van der Waals surface area contributed by atoms with Crippen LogP contribution >= 0.6 is 24.0 Å². The molecule has 1 saturated heterocycles. The van der Waals surface area contributed by atoms with E-state index in [4.69, 9.17) is 4.74 Å². The molecular weight excluding hydrogens is 433 g/mol. The van der Waals surface area contributed by atoms with E-state index in [9.17, 15) is 4.79 Å². The number of rotatable bonds is 7. The largest absolute Gasteiger partial charge is 0.379 e. The molecule has 1 amide bonds. The van der Waals surface area contributed by atoms with Crippen LogP contribution in [0, 0.1) is 0 Å². The highest BCUT2D eigenvalue weighted by molar-refractivity contribution is 14.0. The second kappa shape index (κ2) is 12.7. The van der Waals surface area contributed by atoms with Crippen LogP contribution in [0.5, 0.6) is 0 Å². The van der Waals surface area contributed by atoms with Crippen LogP contribution in [-0.4, -0.2) is 87.7 Å². The van der Waals surface area contributed by atoms with Crippen LogP contribution in [0.15, 0.2) is 4.99 Å². The molecule has 1 heterocycles. The Balaban J connectivity index is 0.00000312. The first-order chi connectivity index (χ1) is 11.6. The second-order valence-corrected chi connectivity index (χ2v) is 6.81. The Bertz CT molecular complexity index is 408. The maximum Gasteiger partial charge on any atom is 0.243 e. The van der Waals surface area contributed by atoms with Gasteiger partial charge in [-0.2, -0.15) is 0 Å². The van der Waals surface area contributed by atoms with Gasteiger partial charge in [0.15, 0.2) is 5.96 Å². The number of carbonyl (C=O) groups is 1. The summed E-state index contributed by atoms with van der Waals surface area (Å²) in [7, 11) is 3.52. The summed E-state index contributed by atoms with van der Waals surface area (Å²) in [6.45, 7) is 5.87. The number of morpholine rings is 1. The third-order valence-corrected chi connectivity index (χ3v) is 4.61. The minimum atomic E-state index is 0. The summed E-state index contributed by atoms with van der Waals surface area (Å²) in [6.07, 6.45) is 6.00. The Labute approximate surface area is 169 Å². The summed E-state index contributed by atoms with van der Waals surface area (Å²) in [6, 6.07) is 0.491. The maximum atomic E-state index is 11.8. The van der Waals surface area contributed by atoms with Crippen LogP contribution in [0.2, 0.25) is 0 Å². The molecular formula is C17H34IN5O2. The zero-order chi connectivity index (χ0) is 17.2. The monoisotopic (exact) mass is 467 g/mol. The molecule has 2 N–H and O–H groups in total. The summed E-state index contributed by atoms with van der Waals surface area (Å²) in [5.41, 5.74) is 0. The molecule has 146 valence electrons. The third kappa shape index (κ3) is 9.05. The fraction of sp³-hybridized carbons (Fsp3) is 0.882. The van der Waals surface area contributed by atoms with Crippen LogP contribution in [0.3, 0.4) is 0 Å². The Hall–Kier alpha value is -0.610. The Morgan fingerprint density at radius 3 is 2.56 bits per heavy atom. The molecule has 0 aromatic carbocycles. The zero-order valence-corrected chi connectivity index (χ0v) is 18.0. The van der Waals surface area contributed by atoms with Gasteiger partial charge in [-0.3, -0.25) is 9.69 Å². The van der Waals surface area contributed by atoms with Crippen molar-refractivity contribution in [2.75, 3.05) is 60.0 Å². The van der Waals surface area contributed by atoms with E-state index in [1.165, 1.54) is 25.7 Å². The predicted molar refractivity (Wildman–Crippen MR) is 112 cm³/mol. The summed E-state index contributed by atoms with van der Waals surface area (Å²) in [5.74, 6) is 0.801. The first-order valence-corrected chi connectivity index (χ1v) is 9.20. The van der Waals surface area contributed by atoms with Gasteiger partial charge in [0.05, 0.1) is 13.2 Å². The van der Waals surface area contributed by atoms with Gasteiger partial charge in [0, 0.05) is 39.8 Å². The number of amides is 1. The molecule has 2 fully saturated rings. The Morgan fingerprint density at radius 1 is 1.24 bits per heavy atom. The average molecular weight is 467 g/mol. The number of hydrogen-bond acceptors (Lipinski definition) is 4. The maximum absolute atomic E-state index is 11.8. The first kappa shape index (κ1) is 22.4. The van der Waals surface area contributed by atoms with Crippen LogP contribution in [0.1, 0.15) is 32.1 Å². The molecule has 0 aromatic rings. The SMILES string of the molecule is CN(C)C(=O)CN=C(NCCCN1CCOCC1)NC1CCCC1.I. The van der Waals surface area contributed by atoms with Crippen molar-refractivity contribution in [3.05, 3.63) is 0 Å². The van der Waals surface area contributed by atoms with Gasteiger partial charge in [-0.1, -0.05) is 12.8 Å². The van der Waals surface area contributed by atoms with Gasteiger partial charge >= 0.3 is 0 Å². The number of likely N-dealkylation sites (N-methyl/N-ethyl adjacent to an activating group) is 1. The molecule has 0 atom stereocenters. The standard InChI is InChI=1S/C17H33N5O2.HI/c1-21(2)16(23)14-19-17(20-15-6-3-4-7-15)18-8-5-9-22-10-12-24-13-11-22;/h15H,3-14H2,1-2H3,(H2,18,19,20);1H. The smallest absolute Gasteiger partial charge is 0.243 e. The number of halogens is 1. The average Bonchev–Trinajstić information content (AvgIpc) is 3.09. The lowest BCUT2D eigenvalue weighted by molar-refractivity contribution is -0.127. The van der Waals surface area contributed by atoms with Crippen molar-refractivity contribution >= 4 is 35.8 Å². The molecule has 0 bridgehead atoms. The van der Waals surface area contributed by atoms with Gasteiger partial charge in [-0.15, -0.1) is 24.0 Å². The molecule has 1 saturated carbocycles. The van der Waals surface area contributed by atoms with Gasteiger partial charge < -0.3 is 20.3 Å². The first-order valence-electron chi connectivity index (χ1n) is 9.20. The van der Waals surface area contributed by atoms with Crippen LogP contribution in [-0.2, 0) is 9.53 Å². The van der Waals surface area contributed by atoms with Crippen molar-refractivity contribution in [3.8, 4) is 0 Å². The van der Waals surface area contributed by atoms with E-state index in [0.29, 0.717) is 6.04 Å². The molecule has 7 nitrogen and oxygen atoms in total. The quantitative estimate of drug-likeness (QED) is 0.252. The summed E-state index contributed by atoms with van der Waals surface area (Å²) in [5, 5.41) is 6.87. The van der Waals surface area contributed by atoms with E-state index >= 15 is 0 Å². The minimum absolute atomic E-state index is 0. The summed E-state index contributed by atoms with van der Waals surface area (Å²) < 4.78 is 5.37. The van der Waals surface area contributed by atoms with E-state index in [1.807, 2.05) is 0 Å². The third-order valence-electron chi connectivity index (χ3n) is 4.61. The van der Waals surface area contributed by atoms with E-state index in [0.717, 1.165) is 51.8 Å². The molecule has 1 aliphatic heterocycles. The van der Waals surface area contributed by atoms with Gasteiger partial charge in [-0.05, 0) is 25.8 Å². The number of hydrogen-bond donors (Lipinski definition) is 2. The van der Waals surface area contributed by atoms with Crippen LogP contribution in [0.25, 0.3) is 0 Å². The number of carbonyl (C=O) groups excluding carboxylic acids is 1. The van der Waals surface area contributed by atoms with Crippen LogP contribution in [0.4, 0.5) is 0 Å². The molecule has 2 aliphatic rings. The summed E-state index contributed by atoms with van der Waals surface area (Å²) in [4.78, 5) is 20.2. The fourth-order valence-electron chi connectivity index (χ4n) is 3.04. The Kier molecular flexibility index (Phi) is 11.4.